The monoisotopic (exact) mass is 454 g/mol. The van der Waals surface area contributed by atoms with Gasteiger partial charge in [0.25, 0.3) is 0 Å². The van der Waals surface area contributed by atoms with Gasteiger partial charge in [0.2, 0.25) is 0 Å². The highest BCUT2D eigenvalue weighted by Crippen LogP contribution is 2.10. The fourth-order valence-corrected chi connectivity index (χ4v) is 2.75. The van der Waals surface area contributed by atoms with Gasteiger partial charge in [0.1, 0.15) is 13.1 Å². The molecule has 0 radical (unpaired) electrons. The van der Waals surface area contributed by atoms with Crippen molar-refractivity contribution in [3.63, 3.8) is 0 Å². The normalized spacial score (nSPS) is 13.5. The van der Waals surface area contributed by atoms with Crippen LogP contribution in [-0.4, -0.2) is 100 Å². The maximum absolute atomic E-state index is 12.0. The Hall–Kier alpha value is -1.91. The lowest BCUT2D eigenvalue weighted by Crippen LogP contribution is -2.45. The van der Waals surface area contributed by atoms with Crippen molar-refractivity contribution in [2.45, 2.75) is 44.3 Å². The predicted octanol–water partition coefficient (Wildman–Crippen LogP) is -1.91. The van der Waals surface area contributed by atoms with Crippen LogP contribution >= 0.6 is 12.4 Å². The summed E-state index contributed by atoms with van der Waals surface area (Å²) >= 11 is 0. The Balaban J connectivity index is 0. The lowest BCUT2D eigenvalue weighted by molar-refractivity contribution is -0.873. The van der Waals surface area contributed by atoms with Gasteiger partial charge in [-0.2, -0.15) is 0 Å². The molecule has 10 nitrogen and oxygen atoms in total. The zero-order valence-electron chi connectivity index (χ0n) is 18.7. The smallest absolute Gasteiger partial charge is 0.306 e. The second kappa shape index (κ2) is 13.4. The molecule has 11 heteroatoms. The van der Waals surface area contributed by atoms with E-state index in [0.29, 0.717) is 22.1 Å². The zero-order valence-corrected chi connectivity index (χ0v) is 19.5. The highest BCUT2D eigenvalue weighted by atomic mass is 35.5. The number of ether oxygens (including phenoxy) is 2. The first-order valence-electron chi connectivity index (χ1n) is 9.47. The molecule has 0 aromatic carbocycles. The number of quaternary nitrogens is 2. The van der Waals surface area contributed by atoms with Gasteiger partial charge in [0.05, 0.1) is 42.3 Å². The van der Waals surface area contributed by atoms with Gasteiger partial charge in [-0.1, -0.05) is 0 Å². The van der Waals surface area contributed by atoms with Crippen LogP contribution in [0.2, 0.25) is 0 Å². The largest absolute Gasteiger partial charge is 0.550 e. The molecule has 0 spiro atoms. The van der Waals surface area contributed by atoms with E-state index in [-0.39, 0.29) is 31.7 Å². The van der Waals surface area contributed by atoms with Crippen molar-refractivity contribution in [3.8, 4) is 0 Å². The average Bonchev–Trinajstić information content (AvgIpc) is 2.41. The predicted molar refractivity (Wildman–Crippen MR) is 106 cm³/mol. The second-order valence-corrected chi connectivity index (χ2v) is 9.18. The molecule has 0 aliphatic rings. The average molecular weight is 455 g/mol. The number of hydrogen-bond acceptors (Lipinski definition) is 8. The van der Waals surface area contributed by atoms with Gasteiger partial charge in [-0.05, 0) is 6.42 Å². The number of carbonyl (C=O) groups excluding carboxylic acids is 4. The molecule has 0 N–H and O–H groups in total. The standard InChI is InChI=1S/C19H34N2O8.ClH/c1-20(2,3)12-14(10-16(22)23)28-18(26)8-7-9-19(27)29-15(11-17(24)25)13-21(4,5)6;/h14-15H,7-13H2,1-6H3;1H. The number of halogens is 1. The summed E-state index contributed by atoms with van der Waals surface area (Å²) in [5.41, 5.74) is 0. The molecular formula is C19H35ClN2O8. The van der Waals surface area contributed by atoms with Gasteiger partial charge in [-0.15, -0.1) is 12.4 Å². The van der Waals surface area contributed by atoms with Gasteiger partial charge in [0.15, 0.2) is 12.2 Å². The van der Waals surface area contributed by atoms with Gasteiger partial charge < -0.3 is 38.2 Å². The van der Waals surface area contributed by atoms with Crippen LogP contribution in [0.25, 0.3) is 0 Å². The maximum atomic E-state index is 12.0. The first kappa shape index (κ1) is 30.3. The fraction of sp³-hybridized carbons (Fsp3) is 0.789. The third-order valence-corrected chi connectivity index (χ3v) is 3.65. The summed E-state index contributed by atoms with van der Waals surface area (Å²) in [7, 11) is 11.0. The fourth-order valence-electron chi connectivity index (χ4n) is 2.75. The number of aliphatic carboxylic acids is 2. The van der Waals surface area contributed by atoms with E-state index in [2.05, 4.69) is 0 Å². The molecule has 0 aromatic heterocycles. The van der Waals surface area contributed by atoms with Gasteiger partial charge in [-0.3, -0.25) is 9.59 Å². The molecular weight excluding hydrogens is 420 g/mol. The van der Waals surface area contributed by atoms with Crippen molar-refractivity contribution < 1.29 is 47.8 Å². The van der Waals surface area contributed by atoms with Crippen LogP contribution in [0.1, 0.15) is 32.1 Å². The quantitative estimate of drug-likeness (QED) is 0.219. The van der Waals surface area contributed by atoms with E-state index in [1.807, 2.05) is 42.3 Å². The van der Waals surface area contributed by atoms with E-state index in [0.717, 1.165) is 0 Å². The summed E-state index contributed by atoms with van der Waals surface area (Å²) in [5, 5.41) is 21.7. The molecule has 176 valence electrons. The molecule has 0 amide bonds. The third-order valence-electron chi connectivity index (χ3n) is 3.65. The topological polar surface area (TPSA) is 133 Å². The van der Waals surface area contributed by atoms with Gasteiger partial charge >= 0.3 is 11.9 Å². The molecule has 2 atom stereocenters. The zero-order chi connectivity index (χ0) is 22.8. The molecule has 0 saturated heterocycles. The van der Waals surface area contributed by atoms with Gasteiger partial charge in [-0.25, -0.2) is 0 Å². The van der Waals surface area contributed by atoms with Crippen LogP contribution in [0.15, 0.2) is 0 Å². The van der Waals surface area contributed by atoms with Crippen molar-refractivity contribution in [2.24, 2.45) is 0 Å². The molecule has 0 aromatic rings. The van der Waals surface area contributed by atoms with Crippen molar-refractivity contribution in [2.75, 3.05) is 55.4 Å². The second-order valence-electron chi connectivity index (χ2n) is 9.18. The lowest BCUT2D eigenvalue weighted by atomic mass is 10.2. The summed E-state index contributed by atoms with van der Waals surface area (Å²) in [6, 6.07) is 0. The third kappa shape index (κ3) is 18.1. The van der Waals surface area contributed by atoms with Crippen molar-refractivity contribution in [1.29, 1.82) is 0 Å². The SMILES string of the molecule is C[N+](C)(C)CC(CC(=O)[O-])OC(=O)CCCC(=O)OC(CC(=O)[O-])C[N+](C)(C)C.Cl. The molecule has 30 heavy (non-hydrogen) atoms. The van der Waals surface area contributed by atoms with Crippen LogP contribution in [0, 0.1) is 0 Å². The van der Waals surface area contributed by atoms with Crippen LogP contribution in [0.3, 0.4) is 0 Å². The van der Waals surface area contributed by atoms with E-state index in [9.17, 15) is 29.4 Å². The Bertz CT molecular complexity index is 534. The molecule has 0 fully saturated rings. The Morgan fingerprint density at radius 2 is 1.00 bits per heavy atom. The molecule has 0 aliphatic heterocycles. The van der Waals surface area contributed by atoms with E-state index in [4.69, 9.17) is 9.47 Å². The van der Waals surface area contributed by atoms with Crippen molar-refractivity contribution in [1.82, 2.24) is 0 Å². The Labute approximate surface area is 184 Å². The Morgan fingerprint density at radius 3 is 1.23 bits per heavy atom. The lowest BCUT2D eigenvalue weighted by Gasteiger charge is -2.29. The Kier molecular flexibility index (Phi) is 13.5. The van der Waals surface area contributed by atoms with Gasteiger partial charge in [0, 0.05) is 37.6 Å². The van der Waals surface area contributed by atoms with Crippen LogP contribution in [0.5, 0.6) is 0 Å². The van der Waals surface area contributed by atoms with E-state index in [1.54, 1.807) is 0 Å². The molecule has 0 rings (SSSR count). The number of carbonyl (C=O) groups is 4. The minimum absolute atomic E-state index is 0. The number of esters is 2. The number of carboxylic acids is 2. The molecule has 0 aliphatic carbocycles. The summed E-state index contributed by atoms with van der Waals surface area (Å²) in [6.45, 7) is 0.607. The first-order chi connectivity index (χ1) is 13.1. The van der Waals surface area contributed by atoms with E-state index < -0.39 is 48.9 Å². The van der Waals surface area contributed by atoms with E-state index >= 15 is 0 Å². The minimum Gasteiger partial charge on any atom is -0.550 e. The van der Waals surface area contributed by atoms with Crippen molar-refractivity contribution >= 4 is 36.3 Å². The number of carboxylic acid groups (broad SMARTS) is 2. The Morgan fingerprint density at radius 1 is 0.700 bits per heavy atom. The van der Waals surface area contributed by atoms with Crippen LogP contribution in [0.4, 0.5) is 0 Å². The maximum Gasteiger partial charge on any atom is 0.306 e. The summed E-state index contributed by atoms with van der Waals surface area (Å²) in [4.78, 5) is 45.6. The number of hydrogen-bond donors (Lipinski definition) is 0. The number of likely N-dealkylation sites (N-methyl/N-ethyl adjacent to an activating group) is 2. The highest BCUT2D eigenvalue weighted by molar-refractivity contribution is 5.85. The minimum atomic E-state index is -1.31. The number of rotatable bonds is 14. The van der Waals surface area contributed by atoms with Crippen LogP contribution < -0.4 is 10.2 Å². The number of nitrogens with zero attached hydrogens (tertiary/aromatic N) is 2. The molecule has 0 saturated carbocycles. The van der Waals surface area contributed by atoms with Crippen molar-refractivity contribution in [3.05, 3.63) is 0 Å². The highest BCUT2D eigenvalue weighted by Gasteiger charge is 2.24. The summed E-state index contributed by atoms with van der Waals surface area (Å²) in [6.07, 6.45) is -2.49. The van der Waals surface area contributed by atoms with Crippen LogP contribution in [-0.2, 0) is 28.7 Å². The first-order valence-corrected chi connectivity index (χ1v) is 9.47. The summed E-state index contributed by atoms with van der Waals surface area (Å²) in [5.74, 6) is -3.85. The summed E-state index contributed by atoms with van der Waals surface area (Å²) < 4.78 is 11.2. The van der Waals surface area contributed by atoms with E-state index in [1.165, 1.54) is 0 Å². The molecule has 0 heterocycles. The molecule has 0 bridgehead atoms. The molecule has 2 unspecified atom stereocenters.